The summed E-state index contributed by atoms with van der Waals surface area (Å²) < 4.78 is 27.3. The second kappa shape index (κ2) is 8.65. The summed E-state index contributed by atoms with van der Waals surface area (Å²) in [4.78, 5) is 13.1. The van der Waals surface area contributed by atoms with Crippen molar-refractivity contribution in [2.24, 2.45) is 0 Å². The van der Waals surface area contributed by atoms with Crippen LogP contribution in [0.15, 0.2) is 30.0 Å². The maximum Gasteiger partial charge on any atom is 0.235 e. The van der Waals surface area contributed by atoms with Gasteiger partial charge in [0.1, 0.15) is 22.8 Å². The number of hydrogen-bond acceptors (Lipinski definition) is 6. The lowest BCUT2D eigenvalue weighted by Gasteiger charge is -2.18. The predicted octanol–water partition coefficient (Wildman–Crippen LogP) is 4.54. The number of methoxy groups -OCH3 is 2. The van der Waals surface area contributed by atoms with E-state index < -0.39 is 0 Å². The summed E-state index contributed by atoms with van der Waals surface area (Å²) in [5, 5.41) is 0.616. The second-order valence-corrected chi connectivity index (χ2v) is 6.64. The number of carbonyl (C=O) groups is 1. The highest BCUT2D eigenvalue weighted by Gasteiger charge is 2.36. The van der Waals surface area contributed by atoms with E-state index in [1.54, 1.807) is 18.2 Å². The number of Topliss-reactive ketones (excluding diaryl/α,β-unsaturated/α-hetero) is 1. The highest BCUT2D eigenvalue weighted by molar-refractivity contribution is 6.30. The number of fused-ring (bicyclic) bond motifs is 1. The summed E-state index contributed by atoms with van der Waals surface area (Å²) in [5.41, 5.74) is 2.53. The summed E-state index contributed by atoms with van der Waals surface area (Å²) in [6.07, 6.45) is 1.67. The molecule has 0 N–H and O–H groups in total. The van der Waals surface area contributed by atoms with Crippen molar-refractivity contribution in [1.29, 1.82) is 0 Å². The average Bonchev–Trinajstić information content (AvgIpc) is 3.00. The Hall–Kier alpha value is -2.54. The fourth-order valence-corrected chi connectivity index (χ4v) is 3.14. The van der Waals surface area contributed by atoms with Crippen LogP contribution in [0.5, 0.6) is 17.2 Å². The predicted molar refractivity (Wildman–Crippen MR) is 105 cm³/mol. The number of allylic oxidation sites excluding steroid dienone is 1. The molecule has 0 spiro atoms. The molecule has 0 amide bonds. The molecule has 0 atom stereocenters. The average molecular weight is 405 g/mol. The Bertz CT molecular complexity index is 918. The second-order valence-electron chi connectivity index (χ2n) is 6.21. The van der Waals surface area contributed by atoms with E-state index >= 15 is 0 Å². The monoisotopic (exact) mass is 404 g/mol. The van der Waals surface area contributed by atoms with Gasteiger partial charge in [0, 0.05) is 30.4 Å². The van der Waals surface area contributed by atoms with E-state index in [-0.39, 0.29) is 25.1 Å². The molecular formula is C21H21ClO6. The SMILES string of the molecule is COCOc1c(C)c(OCOC)c2c(c1C)O/C(=C\c1ccc(Cl)cc1)C2=O. The molecule has 2 aromatic carbocycles. The van der Waals surface area contributed by atoms with Crippen LogP contribution in [0.3, 0.4) is 0 Å². The molecule has 0 saturated heterocycles. The minimum atomic E-state index is -0.263. The lowest BCUT2D eigenvalue weighted by atomic mass is 10.00. The fraction of sp³-hybridized carbons (Fsp3) is 0.286. The van der Waals surface area contributed by atoms with Gasteiger partial charge >= 0.3 is 0 Å². The Morgan fingerprint density at radius 1 is 0.964 bits per heavy atom. The summed E-state index contributed by atoms with van der Waals surface area (Å²) in [5.74, 6) is 1.27. The number of ketones is 1. The van der Waals surface area contributed by atoms with Gasteiger partial charge in [-0.3, -0.25) is 4.79 Å². The van der Waals surface area contributed by atoms with E-state index in [1.807, 2.05) is 26.0 Å². The minimum Gasteiger partial charge on any atom is -0.467 e. The molecular weight excluding hydrogens is 384 g/mol. The summed E-state index contributed by atoms with van der Waals surface area (Å²) in [7, 11) is 3.05. The van der Waals surface area contributed by atoms with E-state index in [9.17, 15) is 4.79 Å². The van der Waals surface area contributed by atoms with Gasteiger partial charge in [0.25, 0.3) is 0 Å². The highest BCUT2D eigenvalue weighted by atomic mass is 35.5. The van der Waals surface area contributed by atoms with Crippen molar-refractivity contribution in [1.82, 2.24) is 0 Å². The largest absolute Gasteiger partial charge is 0.467 e. The molecule has 1 heterocycles. The van der Waals surface area contributed by atoms with E-state index in [0.717, 1.165) is 5.56 Å². The molecule has 3 rings (SSSR count). The molecule has 0 radical (unpaired) electrons. The van der Waals surface area contributed by atoms with Crippen molar-refractivity contribution in [3.8, 4) is 17.2 Å². The van der Waals surface area contributed by atoms with Gasteiger partial charge in [-0.25, -0.2) is 0 Å². The number of carbonyl (C=O) groups excluding carboxylic acids is 1. The third kappa shape index (κ3) is 3.85. The zero-order chi connectivity index (χ0) is 20.3. The first kappa shape index (κ1) is 20.2. The normalized spacial score (nSPS) is 14.2. The van der Waals surface area contributed by atoms with E-state index in [1.165, 1.54) is 14.2 Å². The summed E-state index contributed by atoms with van der Waals surface area (Å²) >= 11 is 5.93. The van der Waals surface area contributed by atoms with Gasteiger partial charge in [-0.2, -0.15) is 0 Å². The minimum absolute atomic E-state index is 0.0103. The van der Waals surface area contributed by atoms with Gasteiger partial charge in [-0.15, -0.1) is 0 Å². The van der Waals surface area contributed by atoms with Crippen molar-refractivity contribution < 1.29 is 28.5 Å². The van der Waals surface area contributed by atoms with Gasteiger partial charge < -0.3 is 23.7 Å². The molecule has 1 aliphatic rings. The van der Waals surface area contributed by atoms with Crippen LogP contribution in [0.1, 0.15) is 27.0 Å². The Morgan fingerprint density at radius 3 is 2.18 bits per heavy atom. The van der Waals surface area contributed by atoms with Crippen LogP contribution in [-0.2, 0) is 9.47 Å². The van der Waals surface area contributed by atoms with Crippen molar-refractivity contribution in [3.05, 3.63) is 57.3 Å². The summed E-state index contributed by atoms with van der Waals surface area (Å²) in [6.45, 7) is 3.70. The van der Waals surface area contributed by atoms with E-state index in [2.05, 4.69) is 0 Å². The number of ether oxygens (including phenoxy) is 5. The Kier molecular flexibility index (Phi) is 6.24. The third-order valence-corrected chi connectivity index (χ3v) is 4.54. The zero-order valence-electron chi connectivity index (χ0n) is 16.1. The van der Waals surface area contributed by atoms with Gasteiger partial charge in [0.2, 0.25) is 5.78 Å². The molecule has 7 heteroatoms. The molecule has 0 unspecified atom stereocenters. The lowest BCUT2D eigenvalue weighted by Crippen LogP contribution is -2.09. The molecule has 0 fully saturated rings. The van der Waals surface area contributed by atoms with Crippen LogP contribution >= 0.6 is 11.6 Å². The summed E-state index contributed by atoms with van der Waals surface area (Å²) in [6, 6.07) is 7.12. The van der Waals surface area contributed by atoms with Gasteiger partial charge in [-0.1, -0.05) is 23.7 Å². The maximum absolute atomic E-state index is 13.1. The van der Waals surface area contributed by atoms with Crippen LogP contribution in [0.25, 0.3) is 6.08 Å². The first-order valence-corrected chi connectivity index (χ1v) is 8.96. The quantitative estimate of drug-likeness (QED) is 0.498. The van der Waals surface area contributed by atoms with Crippen LogP contribution in [-0.4, -0.2) is 33.6 Å². The molecule has 0 aliphatic carbocycles. The van der Waals surface area contributed by atoms with Gasteiger partial charge in [0.15, 0.2) is 19.3 Å². The smallest absolute Gasteiger partial charge is 0.235 e. The van der Waals surface area contributed by atoms with E-state index in [0.29, 0.717) is 39.0 Å². The van der Waals surface area contributed by atoms with Crippen LogP contribution < -0.4 is 14.2 Å². The maximum atomic E-state index is 13.1. The fourth-order valence-electron chi connectivity index (χ4n) is 3.02. The molecule has 148 valence electrons. The molecule has 28 heavy (non-hydrogen) atoms. The van der Waals surface area contributed by atoms with Crippen LogP contribution in [0.4, 0.5) is 0 Å². The van der Waals surface area contributed by atoms with Crippen LogP contribution in [0.2, 0.25) is 5.02 Å². The number of halogens is 1. The van der Waals surface area contributed by atoms with Crippen LogP contribution in [0, 0.1) is 13.8 Å². The van der Waals surface area contributed by atoms with E-state index in [4.69, 9.17) is 35.3 Å². The molecule has 0 aromatic heterocycles. The molecule has 2 aromatic rings. The molecule has 0 saturated carbocycles. The molecule has 1 aliphatic heterocycles. The standard InChI is InChI=1S/C21H21ClO6/c1-12-19(26-10-24-3)13(2)21-17(20(12)27-11-25-4)18(23)16(28-21)9-14-5-7-15(22)8-6-14/h5-9H,10-11H2,1-4H3/b16-9-. The lowest BCUT2D eigenvalue weighted by molar-refractivity contribution is 0.0443. The molecule has 6 nitrogen and oxygen atoms in total. The Balaban J connectivity index is 2.08. The topological polar surface area (TPSA) is 63.2 Å². The number of benzene rings is 2. The Labute approximate surface area is 168 Å². The Morgan fingerprint density at radius 2 is 1.57 bits per heavy atom. The number of rotatable bonds is 7. The highest BCUT2D eigenvalue weighted by Crippen LogP contribution is 2.48. The van der Waals surface area contributed by atoms with Gasteiger partial charge in [-0.05, 0) is 37.6 Å². The third-order valence-electron chi connectivity index (χ3n) is 4.29. The zero-order valence-corrected chi connectivity index (χ0v) is 16.9. The first-order valence-electron chi connectivity index (χ1n) is 8.58. The molecule has 0 bridgehead atoms. The first-order chi connectivity index (χ1) is 13.5. The van der Waals surface area contributed by atoms with Crippen molar-refractivity contribution in [2.45, 2.75) is 13.8 Å². The van der Waals surface area contributed by atoms with Crippen molar-refractivity contribution in [2.75, 3.05) is 27.8 Å². The van der Waals surface area contributed by atoms with Gasteiger partial charge in [0.05, 0.1) is 0 Å². The van der Waals surface area contributed by atoms with Crippen molar-refractivity contribution in [3.63, 3.8) is 0 Å². The van der Waals surface area contributed by atoms with Crippen molar-refractivity contribution >= 4 is 23.5 Å². The number of hydrogen-bond donors (Lipinski definition) is 0.